The summed E-state index contributed by atoms with van der Waals surface area (Å²) in [4.78, 5) is 59.4. The fourth-order valence-corrected chi connectivity index (χ4v) is 9.24. The Balaban J connectivity index is 1.48. The zero-order valence-corrected chi connectivity index (χ0v) is 29.4. The van der Waals surface area contributed by atoms with Gasteiger partial charge in [-0.2, -0.15) is 5.01 Å². The molecule has 3 aromatic rings. The van der Waals surface area contributed by atoms with E-state index in [1.165, 1.54) is 24.1 Å². The number of hydrogen-bond donors (Lipinski definition) is 2. The lowest BCUT2D eigenvalue weighted by molar-refractivity contribution is -0.146. The van der Waals surface area contributed by atoms with Crippen molar-refractivity contribution in [2.24, 2.45) is 23.7 Å². The van der Waals surface area contributed by atoms with Crippen molar-refractivity contribution in [1.29, 1.82) is 0 Å². The lowest BCUT2D eigenvalue weighted by Gasteiger charge is -2.50. The Labute approximate surface area is 298 Å². The second kappa shape index (κ2) is 11.8. The Morgan fingerprint density at radius 1 is 0.878 bits per heavy atom. The molecular weight excluding hydrogens is 689 g/mol. The molecule has 9 nitrogen and oxygen atoms in total. The molecule has 0 spiro atoms. The van der Waals surface area contributed by atoms with Crippen LogP contribution >= 0.6 is 34.8 Å². The normalized spacial score (nSPS) is 27.9. The number of methoxy groups -OCH3 is 1. The number of nitrogens with one attached hydrogen (secondary N) is 1. The number of aromatic hydroxyl groups is 1. The first kappa shape index (κ1) is 33.4. The summed E-state index contributed by atoms with van der Waals surface area (Å²) in [5.41, 5.74) is 2.43. The van der Waals surface area contributed by atoms with Crippen LogP contribution in [0.2, 0.25) is 15.1 Å². The smallest absolute Gasteiger partial charge is 0.260 e. The number of rotatable bonds is 5. The van der Waals surface area contributed by atoms with Crippen molar-refractivity contribution >= 4 is 64.1 Å². The predicted octanol–water partition coefficient (Wildman–Crippen LogP) is 7.14. The van der Waals surface area contributed by atoms with Crippen molar-refractivity contribution in [2.45, 2.75) is 50.5 Å². The van der Waals surface area contributed by atoms with E-state index in [1.807, 2.05) is 26.8 Å². The Bertz CT molecular complexity index is 1960. The summed E-state index contributed by atoms with van der Waals surface area (Å²) in [6, 6.07) is 16.2. The highest BCUT2D eigenvalue weighted by Crippen LogP contribution is 2.65. The van der Waals surface area contributed by atoms with E-state index in [2.05, 4.69) is 5.43 Å². The fourth-order valence-electron chi connectivity index (χ4n) is 8.61. The van der Waals surface area contributed by atoms with Crippen LogP contribution in [-0.2, 0) is 24.6 Å². The van der Waals surface area contributed by atoms with Gasteiger partial charge in [0, 0.05) is 27.1 Å². The number of phenolic OH excluding ortho intramolecular Hbond substituents is 1. The van der Waals surface area contributed by atoms with Gasteiger partial charge in [0.1, 0.15) is 11.5 Å². The number of hydrogen-bond acceptors (Lipinski definition) is 7. The molecule has 2 saturated heterocycles. The molecule has 1 saturated carbocycles. The largest absolute Gasteiger partial charge is 0.508 e. The second-order valence-electron chi connectivity index (χ2n) is 14.1. The molecule has 2 heterocycles. The van der Waals surface area contributed by atoms with Crippen LogP contribution in [0, 0.1) is 23.7 Å². The van der Waals surface area contributed by atoms with Crippen LogP contribution in [0.4, 0.5) is 5.69 Å². The highest BCUT2D eigenvalue weighted by atomic mass is 35.5. The van der Waals surface area contributed by atoms with E-state index in [0.29, 0.717) is 32.5 Å². The summed E-state index contributed by atoms with van der Waals surface area (Å²) >= 11 is 19.2. The maximum Gasteiger partial charge on any atom is 0.260 e. The van der Waals surface area contributed by atoms with Crippen molar-refractivity contribution in [1.82, 2.24) is 9.91 Å². The third kappa shape index (κ3) is 4.95. The summed E-state index contributed by atoms with van der Waals surface area (Å²) in [7, 11) is 1.53. The lowest BCUT2D eigenvalue weighted by atomic mass is 9.49. The average molecular weight is 723 g/mol. The minimum atomic E-state index is -1.61. The van der Waals surface area contributed by atoms with E-state index in [-0.39, 0.29) is 41.1 Å². The minimum absolute atomic E-state index is 0.102. The minimum Gasteiger partial charge on any atom is -0.508 e. The van der Waals surface area contributed by atoms with Crippen LogP contribution < -0.4 is 10.2 Å². The highest BCUT2D eigenvalue weighted by molar-refractivity contribution is 6.36. The number of fused-ring (bicyclic) bond motifs is 4. The molecule has 6 unspecified atom stereocenters. The van der Waals surface area contributed by atoms with E-state index >= 15 is 4.79 Å². The molecule has 0 bridgehead atoms. The Morgan fingerprint density at radius 3 is 2.20 bits per heavy atom. The molecule has 4 aliphatic rings. The maximum atomic E-state index is 15.3. The monoisotopic (exact) mass is 721 g/mol. The van der Waals surface area contributed by atoms with Gasteiger partial charge in [-0.1, -0.05) is 58.6 Å². The maximum absolute atomic E-state index is 15.3. The molecule has 0 radical (unpaired) electrons. The number of imide groups is 2. The molecule has 12 heteroatoms. The van der Waals surface area contributed by atoms with Gasteiger partial charge in [0.25, 0.3) is 11.8 Å². The number of nitrogens with zero attached hydrogens (tertiary/aromatic N) is 2. The molecule has 254 valence electrons. The number of likely N-dealkylation sites (tertiary alicyclic amines) is 1. The summed E-state index contributed by atoms with van der Waals surface area (Å²) in [5.74, 6) is -5.16. The van der Waals surface area contributed by atoms with Gasteiger partial charge in [0.05, 0.1) is 41.0 Å². The zero-order valence-electron chi connectivity index (χ0n) is 27.2. The van der Waals surface area contributed by atoms with Crippen molar-refractivity contribution in [3.8, 4) is 11.5 Å². The van der Waals surface area contributed by atoms with E-state index in [4.69, 9.17) is 39.5 Å². The molecule has 7 rings (SSSR count). The van der Waals surface area contributed by atoms with Crippen molar-refractivity contribution in [3.63, 3.8) is 0 Å². The average Bonchev–Trinajstić information content (AvgIpc) is 3.44. The molecule has 3 fully saturated rings. The molecule has 2 N–H and O–H groups in total. The number of phenols is 1. The standard InChI is InChI=1S/C37H34Cl3N3O6/c1-36(2,3)42-32(45)23-12-11-22-24(30(23)34(42)47)17-26-33(46)43(41-28-13-7-20(39)16-27(28)40)35(48)37(26,18-5-9-21(49-4)10-6-18)31(22)25-15-19(38)8-14-29(25)44/h5-11,13-16,23-24,26,30-31,41,44H,12,17H2,1-4H3. The third-order valence-electron chi connectivity index (χ3n) is 10.6. The Kier molecular flexibility index (Phi) is 8.04. The number of ether oxygens (including phenoxy) is 1. The van der Waals surface area contributed by atoms with E-state index < -0.39 is 52.4 Å². The fraction of sp³-hybridized carbons (Fsp3) is 0.351. The van der Waals surface area contributed by atoms with Crippen molar-refractivity contribution in [3.05, 3.63) is 98.5 Å². The van der Waals surface area contributed by atoms with Crippen LogP contribution in [0.3, 0.4) is 0 Å². The van der Waals surface area contributed by atoms with Crippen LogP contribution in [0.15, 0.2) is 72.3 Å². The van der Waals surface area contributed by atoms with Gasteiger partial charge in [-0.25, -0.2) is 0 Å². The summed E-state index contributed by atoms with van der Waals surface area (Å²) in [5, 5.41) is 13.4. The SMILES string of the molecule is COc1ccc(C23C(=O)N(Nc4ccc(Cl)cc4Cl)C(=O)C2CC2C(=CCC4C(=O)N(C(C)(C)C)C(=O)C42)C3c2cc(Cl)ccc2O)cc1. The van der Waals surface area contributed by atoms with Crippen molar-refractivity contribution < 1.29 is 29.0 Å². The zero-order chi connectivity index (χ0) is 35.2. The first-order valence-electron chi connectivity index (χ1n) is 16.0. The lowest BCUT2D eigenvalue weighted by Crippen LogP contribution is -2.53. The highest BCUT2D eigenvalue weighted by Gasteiger charge is 2.71. The van der Waals surface area contributed by atoms with Gasteiger partial charge < -0.3 is 9.84 Å². The Hall–Kier alpha value is -4.05. The van der Waals surface area contributed by atoms with E-state index in [9.17, 15) is 19.5 Å². The summed E-state index contributed by atoms with van der Waals surface area (Å²) in [6.07, 6.45) is 2.30. The van der Waals surface area contributed by atoms with Gasteiger partial charge in [0.15, 0.2) is 0 Å². The number of benzene rings is 3. The van der Waals surface area contributed by atoms with Crippen LogP contribution in [0.5, 0.6) is 11.5 Å². The van der Waals surface area contributed by atoms with Gasteiger partial charge in [-0.3, -0.25) is 29.5 Å². The molecule has 3 aromatic carbocycles. The number of amides is 4. The van der Waals surface area contributed by atoms with Crippen LogP contribution in [0.25, 0.3) is 0 Å². The van der Waals surface area contributed by atoms with Crippen LogP contribution in [0.1, 0.15) is 50.7 Å². The summed E-state index contributed by atoms with van der Waals surface area (Å²) < 4.78 is 5.43. The number of halogens is 3. The van der Waals surface area contributed by atoms with Gasteiger partial charge >= 0.3 is 0 Å². The quantitative estimate of drug-likeness (QED) is 0.212. The number of carbonyl (C=O) groups excluding carboxylic acids is 4. The molecule has 4 amide bonds. The third-order valence-corrected chi connectivity index (χ3v) is 11.3. The molecule has 6 atom stereocenters. The number of anilines is 1. The molecule has 2 aliphatic carbocycles. The summed E-state index contributed by atoms with van der Waals surface area (Å²) in [6.45, 7) is 5.46. The van der Waals surface area contributed by atoms with E-state index in [0.717, 1.165) is 5.01 Å². The Morgan fingerprint density at radius 2 is 1.55 bits per heavy atom. The number of carbonyl (C=O) groups is 4. The second-order valence-corrected chi connectivity index (χ2v) is 15.4. The molecular formula is C37H34Cl3N3O6. The van der Waals surface area contributed by atoms with Gasteiger partial charge in [-0.15, -0.1) is 0 Å². The van der Waals surface area contributed by atoms with Crippen LogP contribution in [-0.4, -0.2) is 51.3 Å². The molecule has 2 aliphatic heterocycles. The number of hydrazine groups is 1. The topological polar surface area (TPSA) is 116 Å². The first-order valence-corrected chi connectivity index (χ1v) is 17.1. The van der Waals surface area contributed by atoms with Gasteiger partial charge in [-0.05, 0) is 93.6 Å². The first-order chi connectivity index (χ1) is 23.2. The van der Waals surface area contributed by atoms with Gasteiger partial charge in [0.2, 0.25) is 11.8 Å². The van der Waals surface area contributed by atoms with Crippen molar-refractivity contribution in [2.75, 3.05) is 12.5 Å². The van der Waals surface area contributed by atoms with E-state index in [1.54, 1.807) is 48.5 Å². The molecule has 49 heavy (non-hydrogen) atoms. The predicted molar refractivity (Wildman–Crippen MR) is 185 cm³/mol. The molecule has 0 aromatic heterocycles. The number of allylic oxidation sites excluding steroid dienone is 2.